The van der Waals surface area contributed by atoms with E-state index < -0.39 is 5.31 Å². The minimum atomic E-state index is -1.46. The van der Waals surface area contributed by atoms with Crippen LogP contribution in [0.4, 0.5) is 0 Å². The molecule has 0 saturated heterocycles. The van der Waals surface area contributed by atoms with E-state index in [1.165, 1.54) is 76.0 Å². The number of rotatable bonds is 12. The molecule has 0 aliphatic carbocycles. The molecule has 0 amide bonds. The van der Waals surface area contributed by atoms with Gasteiger partial charge in [0.25, 0.3) is 0 Å². The molecule has 0 bridgehead atoms. The first kappa shape index (κ1) is 18.9. The van der Waals surface area contributed by atoms with Crippen LogP contribution < -0.4 is 0 Å². The molecule has 0 aromatic rings. The third kappa shape index (κ3) is 6.90. The van der Waals surface area contributed by atoms with Crippen LogP contribution in [0.15, 0.2) is 0 Å². The van der Waals surface area contributed by atoms with Crippen molar-refractivity contribution in [2.75, 3.05) is 24.6 Å². The Morgan fingerprint density at radius 1 is 0.611 bits per heavy atom. The van der Waals surface area contributed by atoms with Gasteiger partial charge in [0.1, 0.15) is 0 Å². The molecule has 2 heteroatoms. The van der Waals surface area contributed by atoms with Gasteiger partial charge >= 0.3 is 125 Å². The number of hydrogen-bond acceptors (Lipinski definition) is 0. The Hall–Kier alpha value is 0.910. The van der Waals surface area contributed by atoms with Gasteiger partial charge in [-0.05, 0) is 0 Å². The Kier molecular flexibility index (Phi) is 10.3. The van der Waals surface area contributed by atoms with Crippen molar-refractivity contribution in [1.82, 2.24) is 0 Å². The minimum absolute atomic E-state index is 1.36. The summed E-state index contributed by atoms with van der Waals surface area (Å²) in [6.07, 6.45) is 17.2. The average Bonchev–Trinajstić information content (AvgIpc) is 2.42. The fourth-order valence-electron chi connectivity index (χ4n) is 2.79. The van der Waals surface area contributed by atoms with Crippen molar-refractivity contribution in [1.29, 1.82) is 0 Å². The molecule has 0 N–H and O–H groups in total. The summed E-state index contributed by atoms with van der Waals surface area (Å²) in [6.45, 7) is 9.47. The van der Waals surface area contributed by atoms with Crippen molar-refractivity contribution in [3.05, 3.63) is 0 Å². The molecule has 0 unspecified atom stereocenters. The summed E-state index contributed by atoms with van der Waals surface area (Å²) in [4.78, 5) is 0. The van der Waals surface area contributed by atoms with Gasteiger partial charge in [0.2, 0.25) is 0 Å². The van der Waals surface area contributed by atoms with Crippen LogP contribution in [0.5, 0.6) is 0 Å². The second kappa shape index (κ2) is 9.76. The Bertz CT molecular complexity index is 188. The molecule has 0 aromatic carbocycles. The van der Waals surface area contributed by atoms with Crippen molar-refractivity contribution in [2.24, 2.45) is 0 Å². The molecule has 0 heterocycles. The summed E-state index contributed by atoms with van der Waals surface area (Å²) in [5.74, 6) is 0. The summed E-state index contributed by atoms with van der Waals surface area (Å²) in [5.41, 5.74) is 0. The fourth-order valence-corrected chi connectivity index (χ4v) is 6.84. The maximum atomic E-state index is 4.22. The average molecular weight is 339 g/mol. The van der Waals surface area contributed by atoms with Gasteiger partial charge in [-0.15, -0.1) is 0 Å². The van der Waals surface area contributed by atoms with Crippen molar-refractivity contribution >= 4 is 20.8 Å². The summed E-state index contributed by atoms with van der Waals surface area (Å²) in [6, 6.07) is 0. The van der Waals surface area contributed by atoms with Gasteiger partial charge in [-0.3, -0.25) is 0 Å². The Balaban J connectivity index is 3.69. The zero-order valence-corrected chi connectivity index (χ0v) is 15.8. The first-order chi connectivity index (χ1) is 8.54. The summed E-state index contributed by atoms with van der Waals surface area (Å²) >= 11 is 4.22. The monoisotopic (exact) mass is 338 g/mol. The van der Waals surface area contributed by atoms with Crippen LogP contribution in [0.3, 0.4) is 0 Å². The van der Waals surface area contributed by atoms with E-state index in [9.17, 15) is 0 Å². The fraction of sp³-hybridized carbons (Fsp3) is 1.00. The third-order valence-electron chi connectivity index (χ3n) is 4.94. The van der Waals surface area contributed by atoms with Gasteiger partial charge in [-0.25, -0.2) is 0 Å². The van der Waals surface area contributed by atoms with Gasteiger partial charge in [0.05, 0.1) is 0 Å². The molecule has 0 saturated carbocycles. The molecular formula is C16H36BrP. The van der Waals surface area contributed by atoms with Crippen LogP contribution in [0.25, 0.3) is 0 Å². The second-order valence-electron chi connectivity index (χ2n) is 5.97. The quantitative estimate of drug-likeness (QED) is 0.264. The Morgan fingerprint density at radius 3 is 1.39 bits per heavy atom. The van der Waals surface area contributed by atoms with Crippen molar-refractivity contribution in [3.63, 3.8) is 0 Å². The van der Waals surface area contributed by atoms with Gasteiger partial charge in [0.15, 0.2) is 0 Å². The van der Waals surface area contributed by atoms with Crippen LogP contribution in [0, 0.1) is 0 Å². The van der Waals surface area contributed by atoms with Gasteiger partial charge in [-0.2, -0.15) is 0 Å². The molecule has 0 spiro atoms. The first-order valence-electron chi connectivity index (χ1n) is 8.26. The molecule has 0 aliphatic heterocycles. The van der Waals surface area contributed by atoms with Crippen LogP contribution in [-0.4, -0.2) is 24.6 Å². The van der Waals surface area contributed by atoms with Crippen molar-refractivity contribution < 1.29 is 0 Å². The molecule has 112 valence electrons. The third-order valence-corrected chi connectivity index (χ3v) is 16.7. The predicted octanol–water partition coefficient (Wildman–Crippen LogP) is 7.05. The van der Waals surface area contributed by atoms with Crippen LogP contribution in [0.1, 0.15) is 79.1 Å². The topological polar surface area (TPSA) is 0 Å². The molecule has 0 aliphatic rings. The molecule has 0 aromatic heterocycles. The first-order valence-corrected chi connectivity index (χ1v) is 13.3. The van der Waals surface area contributed by atoms with Crippen molar-refractivity contribution in [3.8, 4) is 0 Å². The summed E-state index contributed by atoms with van der Waals surface area (Å²) in [5, 5.41) is -1.46. The van der Waals surface area contributed by atoms with E-state index in [4.69, 9.17) is 0 Å². The van der Waals surface area contributed by atoms with E-state index in [0.717, 1.165) is 0 Å². The van der Waals surface area contributed by atoms with Gasteiger partial charge in [-0.1, -0.05) is 0 Å². The van der Waals surface area contributed by atoms with E-state index in [1.807, 2.05) is 0 Å². The number of hydrogen-bond donors (Lipinski definition) is 0. The van der Waals surface area contributed by atoms with Crippen LogP contribution in [-0.2, 0) is 0 Å². The molecule has 0 nitrogen and oxygen atoms in total. The van der Waals surface area contributed by atoms with Gasteiger partial charge in [0, 0.05) is 0 Å². The zero-order valence-electron chi connectivity index (χ0n) is 13.3. The molecule has 0 rings (SSSR count). The standard InChI is InChI=1S/C16H36BrP/c1-5-9-10-11-12-13-14-15-16-18(17,6-2,7-3)8-4/h5-16H2,1-4H3. The Morgan fingerprint density at radius 2 is 1.00 bits per heavy atom. The van der Waals surface area contributed by atoms with Crippen LogP contribution >= 0.6 is 20.8 Å². The molecule has 0 fully saturated rings. The predicted molar refractivity (Wildman–Crippen MR) is 94.9 cm³/mol. The molecular weight excluding hydrogens is 303 g/mol. The van der Waals surface area contributed by atoms with Crippen LogP contribution in [0.2, 0.25) is 0 Å². The zero-order chi connectivity index (χ0) is 13.9. The maximum absolute atomic E-state index is 4.22. The molecule has 0 atom stereocenters. The van der Waals surface area contributed by atoms with Crippen molar-refractivity contribution in [2.45, 2.75) is 79.1 Å². The normalized spacial score (nSPS) is 14.4. The SMILES string of the molecule is CCCCCCCCCCP(Br)(CC)(CC)CC. The summed E-state index contributed by atoms with van der Waals surface area (Å²) in [7, 11) is 0. The van der Waals surface area contributed by atoms with E-state index in [0.29, 0.717) is 0 Å². The number of halogens is 1. The molecule has 18 heavy (non-hydrogen) atoms. The van der Waals surface area contributed by atoms with Gasteiger partial charge < -0.3 is 0 Å². The van der Waals surface area contributed by atoms with E-state index in [-0.39, 0.29) is 0 Å². The Labute approximate surface area is 124 Å². The number of unbranched alkanes of at least 4 members (excludes halogenated alkanes) is 7. The van der Waals surface area contributed by atoms with E-state index >= 15 is 0 Å². The van der Waals surface area contributed by atoms with E-state index in [2.05, 4.69) is 43.2 Å². The second-order valence-corrected chi connectivity index (χ2v) is 18.0. The summed E-state index contributed by atoms with van der Waals surface area (Å²) < 4.78 is 0. The van der Waals surface area contributed by atoms with E-state index in [1.54, 1.807) is 0 Å². The molecule has 0 radical (unpaired) electrons.